The lowest BCUT2D eigenvalue weighted by Gasteiger charge is -2.34. The number of hydrogen-bond donors (Lipinski definition) is 1. The summed E-state index contributed by atoms with van der Waals surface area (Å²) in [6.45, 7) is 2.36. The van der Waals surface area contributed by atoms with Gasteiger partial charge in [0.05, 0.1) is 17.0 Å². The predicted molar refractivity (Wildman–Crippen MR) is 70.7 cm³/mol. The first-order valence-corrected chi connectivity index (χ1v) is 5.88. The first-order chi connectivity index (χ1) is 8.70. The number of piperazine rings is 1. The maximum absolute atomic E-state index is 10.8. The van der Waals surface area contributed by atoms with Gasteiger partial charge in [0.1, 0.15) is 0 Å². The molecule has 0 atom stereocenters. The summed E-state index contributed by atoms with van der Waals surface area (Å²) in [6, 6.07) is 3.66. The Hall–Kier alpha value is -1.98. The summed E-state index contributed by atoms with van der Waals surface area (Å²) in [7, 11) is 0. The minimum absolute atomic E-state index is 0.509. The number of hydrogen-bond acceptors (Lipinski definition) is 5. The van der Waals surface area contributed by atoms with Gasteiger partial charge in [-0.1, -0.05) is 0 Å². The Balaban J connectivity index is 2.01. The maximum Gasteiger partial charge on any atom is 0.407 e. The van der Waals surface area contributed by atoms with E-state index in [9.17, 15) is 4.79 Å². The Kier molecular flexibility index (Phi) is 3.86. The lowest BCUT2D eigenvalue weighted by atomic mass is 10.3. The highest BCUT2D eigenvalue weighted by Gasteiger charge is 2.20. The summed E-state index contributed by atoms with van der Waals surface area (Å²) in [4.78, 5) is 22.2. The first kappa shape index (κ1) is 12.5. The second-order valence-corrected chi connectivity index (χ2v) is 4.02. The number of isothiocyanates is 1. The molecule has 0 radical (unpaired) electrons. The minimum atomic E-state index is -0.863. The molecule has 1 aromatic rings. The van der Waals surface area contributed by atoms with Crippen molar-refractivity contribution in [3.63, 3.8) is 0 Å². The Bertz CT molecular complexity index is 476. The standard InChI is InChI=1S/C11H12N4O2S/c16-11(17)15-5-3-14(4-6-15)9-1-2-10(12-7-9)13-8-18/h1-2,7H,3-6H2,(H,16,17). The maximum atomic E-state index is 10.8. The van der Waals surface area contributed by atoms with Crippen LogP contribution < -0.4 is 4.90 Å². The lowest BCUT2D eigenvalue weighted by Crippen LogP contribution is -2.48. The fourth-order valence-electron chi connectivity index (χ4n) is 1.83. The van der Waals surface area contributed by atoms with Gasteiger partial charge in [0.25, 0.3) is 0 Å². The average Bonchev–Trinajstić information content (AvgIpc) is 2.40. The van der Waals surface area contributed by atoms with Crippen molar-refractivity contribution in [3.05, 3.63) is 18.3 Å². The number of carbonyl (C=O) groups is 1. The molecule has 0 unspecified atom stereocenters. The Labute approximate surface area is 110 Å². The third-order valence-corrected chi connectivity index (χ3v) is 2.90. The van der Waals surface area contributed by atoms with Crippen LogP contribution in [-0.4, -0.2) is 52.4 Å². The lowest BCUT2D eigenvalue weighted by molar-refractivity contribution is 0.142. The highest BCUT2D eigenvalue weighted by Crippen LogP contribution is 2.18. The number of anilines is 1. The molecule has 0 saturated carbocycles. The van der Waals surface area contributed by atoms with Gasteiger partial charge in [-0.05, 0) is 24.4 Å². The zero-order valence-electron chi connectivity index (χ0n) is 9.61. The average molecular weight is 264 g/mol. The molecular formula is C11H12N4O2S. The van der Waals surface area contributed by atoms with Crippen LogP contribution in [0.4, 0.5) is 16.3 Å². The predicted octanol–water partition coefficient (Wildman–Crippen LogP) is 1.62. The van der Waals surface area contributed by atoms with Crippen molar-refractivity contribution in [3.8, 4) is 0 Å². The van der Waals surface area contributed by atoms with Crippen LogP contribution in [0.2, 0.25) is 0 Å². The van der Waals surface area contributed by atoms with E-state index in [0.717, 1.165) is 5.69 Å². The topological polar surface area (TPSA) is 69.0 Å². The van der Waals surface area contributed by atoms with Crippen LogP contribution in [0.3, 0.4) is 0 Å². The summed E-state index contributed by atoms with van der Waals surface area (Å²) in [5.41, 5.74) is 0.961. The van der Waals surface area contributed by atoms with Crippen molar-refractivity contribution in [1.29, 1.82) is 0 Å². The van der Waals surface area contributed by atoms with Crippen molar-refractivity contribution in [2.45, 2.75) is 0 Å². The van der Waals surface area contributed by atoms with Gasteiger partial charge >= 0.3 is 6.09 Å². The number of rotatable bonds is 2. The molecule has 1 saturated heterocycles. The van der Waals surface area contributed by atoms with Gasteiger partial charge in [-0.25, -0.2) is 9.78 Å². The fraction of sp³-hybridized carbons (Fsp3) is 0.364. The molecule has 0 aliphatic carbocycles. The van der Waals surface area contributed by atoms with E-state index in [2.05, 4.69) is 32.3 Å². The molecule has 94 valence electrons. The van der Waals surface area contributed by atoms with E-state index in [1.165, 1.54) is 4.90 Å². The molecule has 1 N–H and O–H groups in total. The fourth-order valence-corrected chi connectivity index (χ4v) is 1.93. The van der Waals surface area contributed by atoms with Gasteiger partial charge in [-0.15, -0.1) is 0 Å². The molecule has 0 aromatic carbocycles. The van der Waals surface area contributed by atoms with E-state index in [1.54, 1.807) is 12.3 Å². The molecule has 18 heavy (non-hydrogen) atoms. The van der Waals surface area contributed by atoms with E-state index in [-0.39, 0.29) is 0 Å². The minimum Gasteiger partial charge on any atom is -0.465 e. The number of thiocarbonyl (C=S) groups is 1. The third kappa shape index (κ3) is 2.82. The number of aromatic nitrogens is 1. The van der Waals surface area contributed by atoms with Gasteiger partial charge in [0.2, 0.25) is 0 Å². The summed E-state index contributed by atoms with van der Waals surface area (Å²) in [5, 5.41) is 11.1. The first-order valence-electron chi connectivity index (χ1n) is 5.47. The van der Waals surface area contributed by atoms with Crippen LogP contribution in [-0.2, 0) is 0 Å². The van der Waals surface area contributed by atoms with E-state index >= 15 is 0 Å². The van der Waals surface area contributed by atoms with E-state index in [4.69, 9.17) is 5.11 Å². The molecule has 1 aromatic heterocycles. The number of amides is 1. The summed E-state index contributed by atoms with van der Waals surface area (Å²) >= 11 is 4.50. The van der Waals surface area contributed by atoms with Crippen LogP contribution in [0, 0.1) is 0 Å². The normalized spacial score (nSPS) is 15.1. The van der Waals surface area contributed by atoms with Crippen LogP contribution in [0.15, 0.2) is 23.3 Å². The van der Waals surface area contributed by atoms with Gasteiger partial charge in [-0.2, -0.15) is 4.99 Å². The third-order valence-electron chi connectivity index (χ3n) is 2.81. The van der Waals surface area contributed by atoms with Gasteiger partial charge in [-0.3, -0.25) is 0 Å². The van der Waals surface area contributed by atoms with E-state index in [0.29, 0.717) is 32.0 Å². The smallest absolute Gasteiger partial charge is 0.407 e. The van der Waals surface area contributed by atoms with Crippen molar-refractivity contribution < 1.29 is 9.90 Å². The van der Waals surface area contributed by atoms with Crippen molar-refractivity contribution >= 4 is 35.0 Å². The monoisotopic (exact) mass is 264 g/mol. The molecular weight excluding hydrogens is 252 g/mol. The summed E-state index contributed by atoms with van der Waals surface area (Å²) in [5.74, 6) is 0.526. The SMILES string of the molecule is O=C(O)N1CCN(c2ccc(N=C=S)nc2)CC1. The molecule has 1 aliphatic heterocycles. The largest absolute Gasteiger partial charge is 0.465 e. The second-order valence-electron chi connectivity index (χ2n) is 3.83. The molecule has 1 aliphatic rings. The number of nitrogens with zero attached hydrogens (tertiary/aromatic N) is 4. The number of aliphatic imine (C=N–C) groups is 1. The molecule has 0 spiro atoms. The highest BCUT2D eigenvalue weighted by molar-refractivity contribution is 7.78. The quantitative estimate of drug-likeness (QED) is 0.649. The van der Waals surface area contributed by atoms with Crippen LogP contribution >= 0.6 is 12.2 Å². The van der Waals surface area contributed by atoms with Crippen molar-refractivity contribution in [1.82, 2.24) is 9.88 Å². The molecule has 1 fully saturated rings. The molecule has 2 rings (SSSR count). The van der Waals surface area contributed by atoms with Crippen LogP contribution in [0.5, 0.6) is 0 Å². The molecule has 1 amide bonds. The van der Waals surface area contributed by atoms with Gasteiger partial charge in [0, 0.05) is 26.2 Å². The molecule has 6 nitrogen and oxygen atoms in total. The zero-order chi connectivity index (χ0) is 13.0. The van der Waals surface area contributed by atoms with Gasteiger partial charge in [0.15, 0.2) is 5.82 Å². The van der Waals surface area contributed by atoms with E-state index < -0.39 is 6.09 Å². The van der Waals surface area contributed by atoms with Crippen LogP contribution in [0.25, 0.3) is 0 Å². The zero-order valence-corrected chi connectivity index (χ0v) is 10.4. The molecule has 2 heterocycles. The van der Waals surface area contributed by atoms with Gasteiger partial charge < -0.3 is 14.9 Å². The summed E-state index contributed by atoms with van der Waals surface area (Å²) in [6.07, 6.45) is 0.848. The van der Waals surface area contributed by atoms with E-state index in [1.807, 2.05) is 6.07 Å². The molecule has 0 bridgehead atoms. The number of pyridine rings is 1. The highest BCUT2D eigenvalue weighted by atomic mass is 32.1. The van der Waals surface area contributed by atoms with Crippen LogP contribution in [0.1, 0.15) is 0 Å². The Morgan fingerprint density at radius 2 is 2.11 bits per heavy atom. The summed E-state index contributed by atoms with van der Waals surface area (Å²) < 4.78 is 0. The Morgan fingerprint density at radius 1 is 1.39 bits per heavy atom. The Morgan fingerprint density at radius 3 is 2.61 bits per heavy atom. The number of carboxylic acid groups (broad SMARTS) is 1. The van der Waals surface area contributed by atoms with Crippen molar-refractivity contribution in [2.75, 3.05) is 31.1 Å². The van der Waals surface area contributed by atoms with Crippen molar-refractivity contribution in [2.24, 2.45) is 4.99 Å². The second kappa shape index (κ2) is 5.57. The molecule has 7 heteroatoms.